The number of fused-ring (bicyclic) bond motifs is 1. The van der Waals surface area contributed by atoms with Crippen molar-refractivity contribution in [3.8, 4) is 22.6 Å². The van der Waals surface area contributed by atoms with Gasteiger partial charge in [0.2, 0.25) is 0 Å². The van der Waals surface area contributed by atoms with Crippen molar-refractivity contribution in [3.05, 3.63) is 35.5 Å². The van der Waals surface area contributed by atoms with Gasteiger partial charge in [-0.15, -0.1) is 0 Å². The first-order valence-electron chi connectivity index (χ1n) is 14.4. The predicted molar refractivity (Wildman–Crippen MR) is 154 cm³/mol. The van der Waals surface area contributed by atoms with Gasteiger partial charge in [-0.2, -0.15) is 10.2 Å². The third-order valence-corrected chi connectivity index (χ3v) is 7.74. The molecule has 0 radical (unpaired) electrons. The molecule has 222 valence electrons. The molecule has 0 bridgehead atoms. The van der Waals surface area contributed by atoms with E-state index in [1.165, 1.54) is 6.07 Å². The maximum Gasteiger partial charge on any atom is 0.359 e. The number of benzene rings is 1. The summed E-state index contributed by atoms with van der Waals surface area (Å²) >= 11 is 0. The van der Waals surface area contributed by atoms with E-state index in [0.29, 0.717) is 53.2 Å². The van der Waals surface area contributed by atoms with Crippen LogP contribution in [0.1, 0.15) is 61.3 Å². The Kier molecular flexibility index (Phi) is 7.78. The molecule has 1 unspecified atom stereocenters. The number of halogens is 1. The Morgan fingerprint density at radius 3 is 2.76 bits per heavy atom. The van der Waals surface area contributed by atoms with Gasteiger partial charge in [-0.3, -0.25) is 4.68 Å². The highest BCUT2D eigenvalue weighted by molar-refractivity contribution is 6.03. The standard InChI is InChI=1S/C29H35FN8O4/c1-4-41-29(39)25-23(31)24(34-27(35-25)19-15-37(3)36-28(19)33-17-8-11-40-12-9-17)22-16(2)13-20(30)26-18(22)14-32-38(26)21-7-5-6-10-42-21/h13-15,17,21H,4-12,31H2,1-3H3,(H,33,36). The average molecular weight is 579 g/mol. The average Bonchev–Trinajstić information content (AvgIpc) is 3.59. The van der Waals surface area contributed by atoms with Crippen LogP contribution in [0.15, 0.2) is 18.5 Å². The monoisotopic (exact) mass is 578 g/mol. The number of rotatable bonds is 7. The fourth-order valence-corrected chi connectivity index (χ4v) is 5.71. The lowest BCUT2D eigenvalue weighted by Crippen LogP contribution is -2.28. The fraction of sp³-hybridized carbons (Fsp3) is 0.483. The van der Waals surface area contributed by atoms with E-state index in [0.717, 1.165) is 32.1 Å². The second-order valence-corrected chi connectivity index (χ2v) is 10.7. The summed E-state index contributed by atoms with van der Waals surface area (Å²) in [7, 11) is 1.80. The second kappa shape index (κ2) is 11.6. The summed E-state index contributed by atoms with van der Waals surface area (Å²) in [6.07, 6.45) is 7.34. The summed E-state index contributed by atoms with van der Waals surface area (Å²) in [5.41, 5.74) is 8.90. The maximum absolute atomic E-state index is 15.5. The number of hydrogen-bond donors (Lipinski definition) is 2. The number of aromatic nitrogens is 6. The van der Waals surface area contributed by atoms with E-state index < -0.39 is 11.8 Å². The summed E-state index contributed by atoms with van der Waals surface area (Å²) in [6.45, 7) is 5.55. The number of carbonyl (C=O) groups is 1. The van der Waals surface area contributed by atoms with Crippen LogP contribution in [-0.2, 0) is 21.3 Å². The minimum Gasteiger partial charge on any atom is -0.461 e. The molecule has 0 aliphatic carbocycles. The van der Waals surface area contributed by atoms with Crippen molar-refractivity contribution >= 4 is 28.4 Å². The zero-order valence-corrected chi connectivity index (χ0v) is 24.0. The first kappa shape index (κ1) is 28.0. The molecular formula is C29H35FN8O4. The lowest BCUT2D eigenvalue weighted by Gasteiger charge is -2.24. The van der Waals surface area contributed by atoms with Crippen LogP contribution in [0.2, 0.25) is 0 Å². The molecule has 12 nitrogen and oxygen atoms in total. The third kappa shape index (κ3) is 5.18. The Bertz CT molecular complexity index is 1620. The Morgan fingerprint density at radius 2 is 2.02 bits per heavy atom. The zero-order valence-electron chi connectivity index (χ0n) is 24.0. The van der Waals surface area contributed by atoms with Gasteiger partial charge in [-0.1, -0.05) is 0 Å². The molecule has 3 aromatic heterocycles. The molecule has 13 heteroatoms. The molecule has 4 aromatic rings. The highest BCUT2D eigenvalue weighted by Gasteiger charge is 2.28. The summed E-state index contributed by atoms with van der Waals surface area (Å²) in [5.74, 6) is -0.278. The molecule has 2 saturated heterocycles. The van der Waals surface area contributed by atoms with Crippen LogP contribution in [0.5, 0.6) is 0 Å². The molecule has 0 spiro atoms. The van der Waals surface area contributed by atoms with E-state index in [1.807, 2.05) is 0 Å². The SMILES string of the molecule is CCOC(=O)c1nc(-c2cn(C)nc2NC2CCOCC2)nc(-c2c(C)cc(F)c3c2cnn3C2CCCCO2)c1N. The van der Waals surface area contributed by atoms with E-state index >= 15 is 4.39 Å². The summed E-state index contributed by atoms with van der Waals surface area (Å²) < 4.78 is 35.5. The van der Waals surface area contributed by atoms with Gasteiger partial charge in [0, 0.05) is 50.1 Å². The fourth-order valence-electron chi connectivity index (χ4n) is 5.71. The molecule has 6 rings (SSSR count). The minimum atomic E-state index is -0.676. The number of hydrogen-bond acceptors (Lipinski definition) is 10. The van der Waals surface area contributed by atoms with Crippen molar-refractivity contribution < 1.29 is 23.4 Å². The number of ether oxygens (including phenoxy) is 3. The van der Waals surface area contributed by atoms with Gasteiger partial charge in [-0.25, -0.2) is 23.8 Å². The van der Waals surface area contributed by atoms with Gasteiger partial charge in [-0.05, 0) is 57.6 Å². The first-order valence-corrected chi connectivity index (χ1v) is 14.4. The number of nitrogens with two attached hydrogens (primary N) is 1. The van der Waals surface area contributed by atoms with Crippen LogP contribution >= 0.6 is 0 Å². The normalized spacial score (nSPS) is 18.0. The Hall–Kier alpha value is -4.10. The van der Waals surface area contributed by atoms with Crippen molar-refractivity contribution in [1.29, 1.82) is 0 Å². The highest BCUT2D eigenvalue weighted by atomic mass is 19.1. The van der Waals surface area contributed by atoms with Gasteiger partial charge in [0.05, 0.1) is 29.7 Å². The van der Waals surface area contributed by atoms with Crippen LogP contribution in [0.25, 0.3) is 33.5 Å². The number of aryl methyl sites for hydroxylation is 2. The summed E-state index contributed by atoms with van der Waals surface area (Å²) in [6, 6.07) is 1.60. The van der Waals surface area contributed by atoms with E-state index in [-0.39, 0.29) is 41.8 Å². The molecule has 3 N–H and O–H groups in total. The Morgan fingerprint density at radius 1 is 1.21 bits per heavy atom. The minimum absolute atomic E-state index is 0.0395. The molecule has 0 saturated carbocycles. The van der Waals surface area contributed by atoms with E-state index in [4.69, 9.17) is 24.9 Å². The quantitative estimate of drug-likeness (QED) is 0.303. The van der Waals surface area contributed by atoms with Gasteiger partial charge in [0.1, 0.15) is 11.3 Å². The van der Waals surface area contributed by atoms with Crippen LogP contribution in [0.4, 0.5) is 15.9 Å². The number of nitrogen functional groups attached to an aromatic ring is 1. The molecular weight excluding hydrogens is 543 g/mol. The van der Waals surface area contributed by atoms with E-state index in [2.05, 4.69) is 20.5 Å². The zero-order chi connectivity index (χ0) is 29.4. The van der Waals surface area contributed by atoms with Crippen LogP contribution < -0.4 is 11.1 Å². The molecule has 2 aliphatic rings. The smallest absolute Gasteiger partial charge is 0.359 e. The molecule has 1 atom stereocenters. The number of nitrogens with zero attached hydrogens (tertiary/aromatic N) is 6. The second-order valence-electron chi connectivity index (χ2n) is 10.7. The number of carbonyl (C=O) groups excluding carboxylic acids is 1. The first-order chi connectivity index (χ1) is 20.4. The van der Waals surface area contributed by atoms with Gasteiger partial charge in [0.25, 0.3) is 0 Å². The lowest BCUT2D eigenvalue weighted by atomic mass is 9.98. The molecule has 2 aliphatic heterocycles. The van der Waals surface area contributed by atoms with E-state index in [9.17, 15) is 4.79 Å². The van der Waals surface area contributed by atoms with Crippen molar-refractivity contribution in [2.24, 2.45) is 7.05 Å². The molecule has 5 heterocycles. The third-order valence-electron chi connectivity index (χ3n) is 7.74. The molecule has 2 fully saturated rings. The lowest BCUT2D eigenvalue weighted by molar-refractivity contribution is -0.0369. The van der Waals surface area contributed by atoms with Gasteiger partial charge >= 0.3 is 5.97 Å². The van der Waals surface area contributed by atoms with Crippen LogP contribution in [0, 0.1) is 12.7 Å². The van der Waals surface area contributed by atoms with Gasteiger partial charge in [0.15, 0.2) is 23.6 Å². The Balaban J connectivity index is 1.53. The molecule has 42 heavy (non-hydrogen) atoms. The predicted octanol–water partition coefficient (Wildman–Crippen LogP) is 4.39. The highest BCUT2D eigenvalue weighted by Crippen LogP contribution is 2.40. The summed E-state index contributed by atoms with van der Waals surface area (Å²) in [4.78, 5) is 22.6. The number of nitrogens with one attached hydrogen (secondary N) is 1. The number of esters is 1. The topological polar surface area (TPSA) is 144 Å². The van der Waals surface area contributed by atoms with E-state index in [1.54, 1.807) is 42.7 Å². The van der Waals surface area contributed by atoms with Crippen LogP contribution in [0.3, 0.4) is 0 Å². The Labute approximate surface area is 242 Å². The maximum atomic E-state index is 15.5. The van der Waals surface area contributed by atoms with Crippen molar-refractivity contribution in [2.75, 3.05) is 37.5 Å². The largest absolute Gasteiger partial charge is 0.461 e. The van der Waals surface area contributed by atoms with Crippen molar-refractivity contribution in [2.45, 2.75) is 58.2 Å². The molecule has 0 amide bonds. The van der Waals surface area contributed by atoms with Crippen molar-refractivity contribution in [3.63, 3.8) is 0 Å². The van der Waals surface area contributed by atoms with Crippen molar-refractivity contribution in [1.82, 2.24) is 29.5 Å². The van der Waals surface area contributed by atoms with Crippen LogP contribution in [-0.4, -0.2) is 68.0 Å². The number of anilines is 2. The summed E-state index contributed by atoms with van der Waals surface area (Å²) in [5, 5.41) is 13.1. The molecule has 1 aromatic carbocycles. The van der Waals surface area contributed by atoms with Gasteiger partial charge < -0.3 is 25.3 Å².